The van der Waals surface area contributed by atoms with Crippen molar-refractivity contribution in [2.75, 3.05) is 33.4 Å². The second kappa shape index (κ2) is 4.69. The fourth-order valence-electron chi connectivity index (χ4n) is 1.35. The van der Waals surface area contributed by atoms with Crippen molar-refractivity contribution in [3.05, 3.63) is 0 Å². The van der Waals surface area contributed by atoms with E-state index in [1.807, 2.05) is 0 Å². The quantitative estimate of drug-likeness (QED) is 0.737. The zero-order valence-electron chi connectivity index (χ0n) is 9.89. The SMILES string of the molecule is CN(C(=O)N1CCOCC1)C(C)(C)C(=O)O. The number of morpholine rings is 1. The number of carbonyl (C=O) groups excluding carboxylic acids is 1. The number of aliphatic carboxylic acids is 1. The van der Waals surface area contributed by atoms with Crippen molar-refractivity contribution in [3.8, 4) is 0 Å². The van der Waals surface area contributed by atoms with Gasteiger partial charge in [-0.05, 0) is 13.8 Å². The Morgan fingerprint density at radius 2 is 1.81 bits per heavy atom. The van der Waals surface area contributed by atoms with Gasteiger partial charge in [-0.25, -0.2) is 9.59 Å². The number of hydrogen-bond acceptors (Lipinski definition) is 3. The van der Waals surface area contributed by atoms with E-state index < -0.39 is 11.5 Å². The third-order valence-corrected chi connectivity index (χ3v) is 2.93. The molecule has 1 aliphatic rings. The lowest BCUT2D eigenvalue weighted by atomic mass is 10.0. The van der Waals surface area contributed by atoms with Gasteiger partial charge in [0.2, 0.25) is 0 Å². The van der Waals surface area contributed by atoms with Gasteiger partial charge < -0.3 is 19.6 Å². The minimum atomic E-state index is -1.20. The number of amides is 2. The highest BCUT2D eigenvalue weighted by Crippen LogP contribution is 2.15. The monoisotopic (exact) mass is 230 g/mol. The summed E-state index contributed by atoms with van der Waals surface area (Å²) in [4.78, 5) is 25.9. The topological polar surface area (TPSA) is 70.1 Å². The summed E-state index contributed by atoms with van der Waals surface area (Å²) >= 11 is 0. The number of likely N-dealkylation sites (N-methyl/N-ethyl adjacent to an activating group) is 1. The second-order valence-electron chi connectivity index (χ2n) is 4.31. The molecule has 6 nitrogen and oxygen atoms in total. The van der Waals surface area contributed by atoms with Gasteiger partial charge in [0.15, 0.2) is 0 Å². The van der Waals surface area contributed by atoms with E-state index in [-0.39, 0.29) is 6.03 Å². The normalized spacial score (nSPS) is 17.1. The van der Waals surface area contributed by atoms with E-state index in [4.69, 9.17) is 9.84 Å². The van der Waals surface area contributed by atoms with E-state index in [1.54, 1.807) is 4.90 Å². The van der Waals surface area contributed by atoms with Crippen molar-refractivity contribution in [2.24, 2.45) is 0 Å². The van der Waals surface area contributed by atoms with E-state index in [2.05, 4.69) is 0 Å². The first kappa shape index (κ1) is 12.8. The molecule has 0 radical (unpaired) electrons. The van der Waals surface area contributed by atoms with Crippen molar-refractivity contribution >= 4 is 12.0 Å². The number of carboxylic acids is 1. The molecule has 0 aromatic rings. The molecule has 0 atom stereocenters. The molecule has 1 saturated heterocycles. The lowest BCUT2D eigenvalue weighted by Gasteiger charge is -2.37. The number of nitrogens with zero attached hydrogens (tertiary/aromatic N) is 2. The predicted molar refractivity (Wildman–Crippen MR) is 57.3 cm³/mol. The Balaban J connectivity index is 2.69. The molecule has 0 aliphatic carbocycles. The average Bonchev–Trinajstić information content (AvgIpc) is 2.28. The van der Waals surface area contributed by atoms with Crippen LogP contribution in [0.5, 0.6) is 0 Å². The molecule has 2 amide bonds. The summed E-state index contributed by atoms with van der Waals surface area (Å²) in [6.45, 7) is 5.05. The minimum Gasteiger partial charge on any atom is -0.480 e. The fourth-order valence-corrected chi connectivity index (χ4v) is 1.35. The van der Waals surface area contributed by atoms with Gasteiger partial charge in [0.05, 0.1) is 13.2 Å². The average molecular weight is 230 g/mol. The maximum absolute atomic E-state index is 12.0. The van der Waals surface area contributed by atoms with E-state index in [0.29, 0.717) is 26.3 Å². The van der Waals surface area contributed by atoms with Crippen molar-refractivity contribution < 1.29 is 19.4 Å². The molecule has 1 N–H and O–H groups in total. The first-order chi connectivity index (χ1) is 7.37. The predicted octanol–water partition coefficient (Wildman–Crippen LogP) is 0.234. The molecule has 0 unspecified atom stereocenters. The molecule has 16 heavy (non-hydrogen) atoms. The molecule has 0 aromatic heterocycles. The molecular formula is C10H18N2O4. The van der Waals surface area contributed by atoms with Gasteiger partial charge in [-0.1, -0.05) is 0 Å². The summed E-state index contributed by atoms with van der Waals surface area (Å²) in [6.07, 6.45) is 0. The maximum Gasteiger partial charge on any atom is 0.329 e. The molecule has 1 aliphatic heterocycles. The van der Waals surface area contributed by atoms with Crippen molar-refractivity contribution in [1.29, 1.82) is 0 Å². The zero-order valence-corrected chi connectivity index (χ0v) is 9.89. The van der Waals surface area contributed by atoms with Crippen LogP contribution in [0.15, 0.2) is 0 Å². The standard InChI is InChI=1S/C10H18N2O4/c1-10(2,8(13)14)11(3)9(15)12-4-6-16-7-5-12/h4-7H2,1-3H3,(H,13,14). The lowest BCUT2D eigenvalue weighted by molar-refractivity contribution is -0.147. The summed E-state index contributed by atoms with van der Waals surface area (Å²) in [6, 6.07) is -0.268. The Labute approximate surface area is 94.8 Å². The maximum atomic E-state index is 12.0. The van der Waals surface area contributed by atoms with Gasteiger partial charge in [-0.15, -0.1) is 0 Å². The van der Waals surface area contributed by atoms with Crippen molar-refractivity contribution in [1.82, 2.24) is 9.80 Å². The molecule has 0 spiro atoms. The number of hydrogen-bond donors (Lipinski definition) is 1. The Morgan fingerprint density at radius 3 is 2.25 bits per heavy atom. The Bertz CT molecular complexity index is 285. The van der Waals surface area contributed by atoms with E-state index in [0.717, 1.165) is 0 Å². The van der Waals surface area contributed by atoms with Gasteiger partial charge in [0.25, 0.3) is 0 Å². The third kappa shape index (κ3) is 2.44. The first-order valence-electron chi connectivity index (χ1n) is 5.21. The van der Waals surface area contributed by atoms with Crippen LogP contribution in [0.2, 0.25) is 0 Å². The molecule has 6 heteroatoms. The number of rotatable bonds is 2. The number of urea groups is 1. The summed E-state index contributed by atoms with van der Waals surface area (Å²) < 4.78 is 5.13. The van der Waals surface area contributed by atoms with Crippen LogP contribution in [0.25, 0.3) is 0 Å². The van der Waals surface area contributed by atoms with Crippen LogP contribution in [0.1, 0.15) is 13.8 Å². The highest BCUT2D eigenvalue weighted by Gasteiger charge is 2.37. The summed E-state index contributed by atoms with van der Waals surface area (Å²) in [7, 11) is 1.51. The van der Waals surface area contributed by atoms with Crippen LogP contribution >= 0.6 is 0 Å². The molecule has 1 fully saturated rings. The molecule has 1 heterocycles. The van der Waals surface area contributed by atoms with Crippen LogP contribution in [-0.4, -0.2) is 65.8 Å². The largest absolute Gasteiger partial charge is 0.480 e. The van der Waals surface area contributed by atoms with Crippen LogP contribution in [-0.2, 0) is 9.53 Å². The smallest absolute Gasteiger partial charge is 0.329 e. The summed E-state index contributed by atoms with van der Waals surface area (Å²) in [5, 5.41) is 9.02. The van der Waals surface area contributed by atoms with Gasteiger partial charge >= 0.3 is 12.0 Å². The second-order valence-corrected chi connectivity index (χ2v) is 4.31. The zero-order chi connectivity index (χ0) is 12.3. The Hall–Kier alpha value is -1.30. The highest BCUT2D eigenvalue weighted by molar-refractivity contribution is 5.85. The third-order valence-electron chi connectivity index (χ3n) is 2.93. The molecule has 0 saturated carbocycles. The summed E-state index contributed by atoms with van der Waals surface area (Å²) in [5.74, 6) is -1.02. The Morgan fingerprint density at radius 1 is 1.31 bits per heavy atom. The molecule has 92 valence electrons. The minimum absolute atomic E-state index is 0.268. The van der Waals surface area contributed by atoms with Crippen LogP contribution in [0.3, 0.4) is 0 Å². The van der Waals surface area contributed by atoms with Crippen LogP contribution in [0, 0.1) is 0 Å². The number of ether oxygens (including phenoxy) is 1. The van der Waals surface area contributed by atoms with Gasteiger partial charge in [-0.3, -0.25) is 0 Å². The van der Waals surface area contributed by atoms with E-state index in [1.165, 1.54) is 25.8 Å². The van der Waals surface area contributed by atoms with Crippen LogP contribution < -0.4 is 0 Å². The van der Waals surface area contributed by atoms with Gasteiger partial charge in [-0.2, -0.15) is 0 Å². The van der Waals surface area contributed by atoms with E-state index >= 15 is 0 Å². The molecule has 0 aromatic carbocycles. The number of carbonyl (C=O) groups is 2. The highest BCUT2D eigenvalue weighted by atomic mass is 16.5. The molecular weight excluding hydrogens is 212 g/mol. The summed E-state index contributed by atoms with van der Waals surface area (Å²) in [5.41, 5.74) is -1.20. The Kier molecular flexibility index (Phi) is 3.74. The van der Waals surface area contributed by atoms with Gasteiger partial charge in [0, 0.05) is 20.1 Å². The molecule has 1 rings (SSSR count). The van der Waals surface area contributed by atoms with Crippen molar-refractivity contribution in [3.63, 3.8) is 0 Å². The van der Waals surface area contributed by atoms with Crippen LogP contribution in [0.4, 0.5) is 4.79 Å². The van der Waals surface area contributed by atoms with E-state index in [9.17, 15) is 9.59 Å². The first-order valence-corrected chi connectivity index (χ1v) is 5.21. The van der Waals surface area contributed by atoms with Crippen molar-refractivity contribution in [2.45, 2.75) is 19.4 Å². The van der Waals surface area contributed by atoms with Gasteiger partial charge in [0.1, 0.15) is 5.54 Å². The number of carboxylic acid groups (broad SMARTS) is 1. The molecule has 0 bridgehead atoms. The lowest BCUT2D eigenvalue weighted by Crippen LogP contribution is -2.56. The fraction of sp³-hybridized carbons (Fsp3) is 0.800.